The number of hydrogen-bond donors (Lipinski definition) is 1. The molecular formula is C14H23NO. The molecule has 0 saturated heterocycles. The summed E-state index contributed by atoms with van der Waals surface area (Å²) in [4.78, 5) is 0. The van der Waals surface area contributed by atoms with Gasteiger partial charge in [-0.1, -0.05) is 38.1 Å². The fourth-order valence-corrected chi connectivity index (χ4v) is 1.92. The third kappa shape index (κ3) is 3.95. The molecule has 2 nitrogen and oxygen atoms in total. The van der Waals surface area contributed by atoms with Crippen LogP contribution in [0.1, 0.15) is 37.4 Å². The van der Waals surface area contributed by atoms with Crippen molar-refractivity contribution in [3.05, 3.63) is 35.4 Å². The third-order valence-electron chi connectivity index (χ3n) is 2.92. The molecule has 0 fully saturated rings. The van der Waals surface area contributed by atoms with Gasteiger partial charge in [0.15, 0.2) is 0 Å². The molecule has 2 N–H and O–H groups in total. The van der Waals surface area contributed by atoms with Gasteiger partial charge in [-0.15, -0.1) is 0 Å². The second-order valence-electron chi connectivity index (χ2n) is 4.50. The van der Waals surface area contributed by atoms with Gasteiger partial charge in [0, 0.05) is 19.8 Å². The van der Waals surface area contributed by atoms with Crippen LogP contribution in [0.4, 0.5) is 0 Å². The monoisotopic (exact) mass is 221 g/mol. The van der Waals surface area contributed by atoms with Gasteiger partial charge < -0.3 is 10.5 Å². The van der Waals surface area contributed by atoms with Crippen LogP contribution in [-0.2, 0) is 11.2 Å². The summed E-state index contributed by atoms with van der Waals surface area (Å²) in [5.41, 5.74) is 8.75. The lowest BCUT2D eigenvalue weighted by Gasteiger charge is -2.17. The largest absolute Gasteiger partial charge is 0.384 e. The highest BCUT2D eigenvalue weighted by molar-refractivity contribution is 5.24. The summed E-state index contributed by atoms with van der Waals surface area (Å²) >= 11 is 0. The first-order chi connectivity index (χ1) is 7.67. The molecule has 0 heterocycles. The Labute approximate surface area is 98.8 Å². The molecule has 0 aromatic heterocycles. The van der Waals surface area contributed by atoms with Gasteiger partial charge in [-0.05, 0) is 29.9 Å². The van der Waals surface area contributed by atoms with E-state index in [4.69, 9.17) is 10.5 Å². The van der Waals surface area contributed by atoms with Crippen LogP contribution in [0, 0.1) is 5.92 Å². The van der Waals surface area contributed by atoms with Gasteiger partial charge in [0.1, 0.15) is 0 Å². The van der Waals surface area contributed by atoms with Crippen molar-refractivity contribution in [1.82, 2.24) is 0 Å². The normalized spacial score (nSPS) is 14.8. The van der Waals surface area contributed by atoms with Crippen molar-refractivity contribution >= 4 is 0 Å². The number of hydrogen-bond acceptors (Lipinski definition) is 2. The molecule has 16 heavy (non-hydrogen) atoms. The molecule has 1 aromatic rings. The quantitative estimate of drug-likeness (QED) is 0.801. The topological polar surface area (TPSA) is 35.2 Å². The zero-order chi connectivity index (χ0) is 12.0. The summed E-state index contributed by atoms with van der Waals surface area (Å²) in [6.07, 6.45) is 2.05. The third-order valence-corrected chi connectivity index (χ3v) is 2.92. The zero-order valence-corrected chi connectivity index (χ0v) is 10.6. The standard InChI is InChI=1S/C14H23NO/c1-4-12-5-7-13(8-6-12)14(15)9-11(2)10-16-3/h5-8,11,14H,4,9-10,15H2,1-3H3. The Hall–Kier alpha value is -0.860. The van der Waals surface area contributed by atoms with E-state index in [0.717, 1.165) is 19.4 Å². The zero-order valence-electron chi connectivity index (χ0n) is 10.6. The minimum Gasteiger partial charge on any atom is -0.384 e. The van der Waals surface area contributed by atoms with Crippen LogP contribution in [0.15, 0.2) is 24.3 Å². The van der Waals surface area contributed by atoms with Crippen molar-refractivity contribution in [2.24, 2.45) is 11.7 Å². The predicted molar refractivity (Wildman–Crippen MR) is 68.4 cm³/mol. The number of nitrogens with two attached hydrogens (primary N) is 1. The minimum absolute atomic E-state index is 0.121. The number of rotatable bonds is 6. The summed E-state index contributed by atoms with van der Waals surface area (Å²) in [7, 11) is 1.73. The number of aryl methyl sites for hydroxylation is 1. The van der Waals surface area contributed by atoms with Gasteiger partial charge in [-0.25, -0.2) is 0 Å². The predicted octanol–water partition coefficient (Wildman–Crippen LogP) is 2.92. The van der Waals surface area contributed by atoms with Gasteiger partial charge in [0.2, 0.25) is 0 Å². The average molecular weight is 221 g/mol. The molecule has 0 aliphatic heterocycles. The minimum atomic E-state index is 0.121. The van der Waals surface area contributed by atoms with Crippen molar-refractivity contribution < 1.29 is 4.74 Å². The Bertz CT molecular complexity index is 294. The molecule has 0 aliphatic rings. The Balaban J connectivity index is 2.55. The van der Waals surface area contributed by atoms with Crippen LogP contribution in [0.5, 0.6) is 0 Å². The van der Waals surface area contributed by atoms with E-state index in [0.29, 0.717) is 5.92 Å². The summed E-state index contributed by atoms with van der Waals surface area (Å²) < 4.78 is 5.12. The number of methoxy groups -OCH3 is 1. The molecule has 0 saturated carbocycles. The Morgan fingerprint density at radius 2 is 1.88 bits per heavy atom. The van der Waals surface area contributed by atoms with E-state index in [2.05, 4.69) is 38.1 Å². The molecule has 90 valence electrons. The van der Waals surface area contributed by atoms with E-state index in [9.17, 15) is 0 Å². The maximum absolute atomic E-state index is 6.16. The van der Waals surface area contributed by atoms with Crippen LogP contribution in [0.3, 0.4) is 0 Å². The van der Waals surface area contributed by atoms with E-state index in [1.54, 1.807) is 7.11 Å². The fourth-order valence-electron chi connectivity index (χ4n) is 1.92. The first-order valence-corrected chi connectivity index (χ1v) is 6.00. The Morgan fingerprint density at radius 3 is 2.38 bits per heavy atom. The summed E-state index contributed by atoms with van der Waals surface area (Å²) in [6.45, 7) is 5.11. The maximum atomic E-state index is 6.16. The second kappa shape index (κ2) is 6.66. The highest BCUT2D eigenvalue weighted by Crippen LogP contribution is 2.19. The van der Waals surface area contributed by atoms with E-state index >= 15 is 0 Å². The molecule has 0 spiro atoms. The molecule has 0 aliphatic carbocycles. The molecule has 2 atom stereocenters. The van der Waals surface area contributed by atoms with Crippen molar-refractivity contribution in [1.29, 1.82) is 0 Å². The first kappa shape index (κ1) is 13.2. The van der Waals surface area contributed by atoms with Gasteiger partial charge in [-0.3, -0.25) is 0 Å². The molecular weight excluding hydrogens is 198 g/mol. The van der Waals surface area contributed by atoms with E-state index < -0.39 is 0 Å². The van der Waals surface area contributed by atoms with E-state index in [-0.39, 0.29) is 6.04 Å². The Kier molecular flexibility index (Phi) is 5.50. The molecule has 2 heteroatoms. The lowest BCUT2D eigenvalue weighted by Crippen LogP contribution is -2.16. The molecule has 0 bridgehead atoms. The summed E-state index contributed by atoms with van der Waals surface area (Å²) in [5.74, 6) is 0.505. The van der Waals surface area contributed by atoms with Crippen LogP contribution in [0.2, 0.25) is 0 Å². The van der Waals surface area contributed by atoms with Gasteiger partial charge in [-0.2, -0.15) is 0 Å². The van der Waals surface area contributed by atoms with Crippen LogP contribution < -0.4 is 5.73 Å². The SMILES string of the molecule is CCc1ccc(C(N)CC(C)COC)cc1. The molecule has 0 radical (unpaired) electrons. The van der Waals surface area contributed by atoms with Gasteiger partial charge >= 0.3 is 0 Å². The molecule has 1 aromatic carbocycles. The molecule has 0 amide bonds. The average Bonchev–Trinajstić information content (AvgIpc) is 2.29. The van der Waals surface area contributed by atoms with E-state index in [1.807, 2.05) is 0 Å². The molecule has 1 rings (SSSR count). The van der Waals surface area contributed by atoms with Crippen molar-refractivity contribution in [2.75, 3.05) is 13.7 Å². The van der Waals surface area contributed by atoms with Crippen LogP contribution in [0.25, 0.3) is 0 Å². The summed E-state index contributed by atoms with van der Waals surface area (Å²) in [5, 5.41) is 0. The number of benzene rings is 1. The molecule has 2 unspecified atom stereocenters. The van der Waals surface area contributed by atoms with Crippen molar-refractivity contribution in [2.45, 2.75) is 32.7 Å². The lowest BCUT2D eigenvalue weighted by molar-refractivity contribution is 0.152. The van der Waals surface area contributed by atoms with Crippen molar-refractivity contribution in [3.8, 4) is 0 Å². The van der Waals surface area contributed by atoms with Crippen LogP contribution >= 0.6 is 0 Å². The smallest absolute Gasteiger partial charge is 0.0488 e. The van der Waals surface area contributed by atoms with Gasteiger partial charge in [0.25, 0.3) is 0 Å². The summed E-state index contributed by atoms with van der Waals surface area (Å²) in [6, 6.07) is 8.73. The van der Waals surface area contributed by atoms with Crippen LogP contribution in [-0.4, -0.2) is 13.7 Å². The highest BCUT2D eigenvalue weighted by atomic mass is 16.5. The number of ether oxygens (including phenoxy) is 1. The maximum Gasteiger partial charge on any atom is 0.0488 e. The lowest BCUT2D eigenvalue weighted by atomic mass is 9.96. The highest BCUT2D eigenvalue weighted by Gasteiger charge is 2.10. The first-order valence-electron chi connectivity index (χ1n) is 6.00. The second-order valence-corrected chi connectivity index (χ2v) is 4.50. The Morgan fingerprint density at radius 1 is 1.25 bits per heavy atom. The van der Waals surface area contributed by atoms with Gasteiger partial charge in [0.05, 0.1) is 0 Å². The van der Waals surface area contributed by atoms with E-state index in [1.165, 1.54) is 11.1 Å². The van der Waals surface area contributed by atoms with Crippen molar-refractivity contribution in [3.63, 3.8) is 0 Å². The fraction of sp³-hybridized carbons (Fsp3) is 0.571.